The molecule has 3 N–H and O–H groups in total. The van der Waals surface area contributed by atoms with Gasteiger partial charge < -0.3 is 15.2 Å². The van der Waals surface area contributed by atoms with Crippen LogP contribution in [0.25, 0.3) is 56.0 Å². The van der Waals surface area contributed by atoms with E-state index in [1.54, 1.807) is 12.4 Å². The van der Waals surface area contributed by atoms with Gasteiger partial charge in [-0.25, -0.2) is 4.98 Å². The van der Waals surface area contributed by atoms with E-state index >= 15 is 0 Å². The van der Waals surface area contributed by atoms with Crippen molar-refractivity contribution < 1.29 is 0 Å². The molecule has 0 radical (unpaired) electrons. The minimum atomic E-state index is 0.684. The lowest BCUT2D eigenvalue weighted by molar-refractivity contribution is 0.352. The number of anilines is 1. The van der Waals surface area contributed by atoms with Crippen LogP contribution in [0.3, 0.4) is 0 Å². The van der Waals surface area contributed by atoms with Crippen LogP contribution in [0, 0.1) is 0 Å². The van der Waals surface area contributed by atoms with E-state index in [1.165, 1.54) is 25.9 Å². The molecule has 9 heteroatoms. The summed E-state index contributed by atoms with van der Waals surface area (Å²) in [4.78, 5) is 24.3. The first-order valence-electron chi connectivity index (χ1n) is 13.0. The Morgan fingerprint density at radius 1 is 0.868 bits per heavy atom. The van der Waals surface area contributed by atoms with Gasteiger partial charge in [0.25, 0.3) is 0 Å². The highest BCUT2D eigenvalue weighted by Gasteiger charge is 2.17. The lowest BCUT2D eigenvalue weighted by atomic mass is 10.0. The van der Waals surface area contributed by atoms with Crippen LogP contribution in [0.5, 0.6) is 0 Å². The van der Waals surface area contributed by atoms with Crippen LogP contribution in [-0.2, 0) is 0 Å². The van der Waals surface area contributed by atoms with Crippen molar-refractivity contribution in [1.29, 1.82) is 0 Å². The first-order valence-corrected chi connectivity index (χ1v) is 13.0. The van der Waals surface area contributed by atoms with Crippen LogP contribution in [0.2, 0.25) is 0 Å². The Kier molecular flexibility index (Phi) is 5.75. The number of aromatic nitrogens is 7. The van der Waals surface area contributed by atoms with E-state index in [0.29, 0.717) is 5.82 Å². The number of nitrogens with zero attached hydrogens (tertiary/aromatic N) is 6. The van der Waals surface area contributed by atoms with Crippen LogP contribution in [0.15, 0.2) is 73.3 Å². The van der Waals surface area contributed by atoms with Gasteiger partial charge in [0.1, 0.15) is 16.9 Å². The Hall–Kier alpha value is -4.63. The van der Waals surface area contributed by atoms with E-state index in [9.17, 15) is 0 Å². The number of pyridine rings is 3. The second kappa shape index (κ2) is 9.68. The molecule has 1 aromatic carbocycles. The molecule has 0 atom stereocenters. The molecule has 38 heavy (non-hydrogen) atoms. The summed E-state index contributed by atoms with van der Waals surface area (Å²) in [5.74, 6) is 0.684. The number of fused-ring (bicyclic) bond motifs is 2. The Morgan fingerprint density at radius 3 is 2.71 bits per heavy atom. The van der Waals surface area contributed by atoms with Crippen LogP contribution in [-0.4, -0.2) is 66.2 Å². The van der Waals surface area contributed by atoms with E-state index in [4.69, 9.17) is 4.98 Å². The highest BCUT2D eigenvalue weighted by molar-refractivity contribution is 5.97. The molecule has 9 nitrogen and oxygen atoms in total. The van der Waals surface area contributed by atoms with Crippen molar-refractivity contribution in [2.45, 2.75) is 12.8 Å². The number of hydrogen-bond acceptors (Lipinski definition) is 7. The molecular formula is C29H27N9. The summed E-state index contributed by atoms with van der Waals surface area (Å²) < 4.78 is 0. The van der Waals surface area contributed by atoms with Gasteiger partial charge in [-0.15, -0.1) is 0 Å². The summed E-state index contributed by atoms with van der Waals surface area (Å²) in [6.07, 6.45) is 9.94. The summed E-state index contributed by atoms with van der Waals surface area (Å²) >= 11 is 0. The second-order valence-electron chi connectivity index (χ2n) is 9.63. The molecule has 0 amide bonds. The molecule has 0 aliphatic carbocycles. The first kappa shape index (κ1) is 22.6. The summed E-state index contributed by atoms with van der Waals surface area (Å²) in [6.45, 7) is 4.39. The van der Waals surface area contributed by atoms with Crippen molar-refractivity contribution in [2.75, 3.05) is 31.5 Å². The van der Waals surface area contributed by atoms with Gasteiger partial charge in [0, 0.05) is 48.8 Å². The standard InChI is InChI=1S/C29H27N9/c1-2-9-32-24(5-1)27-28-25(8-10-33-27)34-29(35-28)26-22-16-19(6-7-23(22)36-37-26)20-15-21(18-30-17-20)31-11-14-38-12-3-4-13-38/h1-2,5-10,15-18,31H,3-4,11-14H2,(H,34,35)(H,36,37). The molecule has 188 valence electrons. The Morgan fingerprint density at radius 2 is 1.82 bits per heavy atom. The second-order valence-corrected chi connectivity index (χ2v) is 9.63. The smallest absolute Gasteiger partial charge is 0.159 e. The lowest BCUT2D eigenvalue weighted by Gasteiger charge is -2.15. The maximum absolute atomic E-state index is 4.90. The van der Waals surface area contributed by atoms with E-state index < -0.39 is 0 Å². The van der Waals surface area contributed by atoms with Crippen LogP contribution in [0.1, 0.15) is 12.8 Å². The number of benzene rings is 1. The Bertz CT molecular complexity index is 1710. The minimum absolute atomic E-state index is 0.684. The van der Waals surface area contributed by atoms with Gasteiger partial charge in [0.15, 0.2) is 5.82 Å². The van der Waals surface area contributed by atoms with Crippen molar-refractivity contribution in [1.82, 2.24) is 40.0 Å². The summed E-state index contributed by atoms with van der Waals surface area (Å²) in [7, 11) is 0. The zero-order valence-electron chi connectivity index (χ0n) is 20.9. The van der Waals surface area contributed by atoms with Gasteiger partial charge in [-0.2, -0.15) is 5.10 Å². The zero-order valence-corrected chi connectivity index (χ0v) is 20.9. The quantitative estimate of drug-likeness (QED) is 0.278. The summed E-state index contributed by atoms with van der Waals surface area (Å²) in [5.41, 5.74) is 8.04. The van der Waals surface area contributed by atoms with E-state index in [1.807, 2.05) is 36.7 Å². The largest absolute Gasteiger partial charge is 0.382 e. The maximum Gasteiger partial charge on any atom is 0.159 e. The molecule has 0 bridgehead atoms. The monoisotopic (exact) mass is 501 g/mol. The number of aromatic amines is 2. The normalized spacial score (nSPS) is 14.0. The molecule has 1 aliphatic rings. The van der Waals surface area contributed by atoms with E-state index in [2.05, 4.69) is 64.6 Å². The van der Waals surface area contributed by atoms with Crippen LogP contribution in [0.4, 0.5) is 5.69 Å². The van der Waals surface area contributed by atoms with E-state index in [-0.39, 0.29) is 0 Å². The molecule has 1 fully saturated rings. The Balaban J connectivity index is 1.20. The average Bonchev–Trinajstić information content (AvgIpc) is 3.73. The van der Waals surface area contributed by atoms with Crippen LogP contribution < -0.4 is 5.32 Å². The van der Waals surface area contributed by atoms with Gasteiger partial charge in [-0.05, 0) is 67.9 Å². The molecule has 0 saturated carbocycles. The van der Waals surface area contributed by atoms with Crippen molar-refractivity contribution in [2.24, 2.45) is 0 Å². The number of likely N-dealkylation sites (tertiary alicyclic amines) is 1. The fraction of sp³-hybridized carbons (Fsp3) is 0.207. The highest BCUT2D eigenvalue weighted by Crippen LogP contribution is 2.32. The van der Waals surface area contributed by atoms with Gasteiger partial charge >= 0.3 is 0 Å². The first-order chi connectivity index (χ1) is 18.8. The molecule has 5 aromatic heterocycles. The van der Waals surface area contributed by atoms with Crippen molar-refractivity contribution in [3.63, 3.8) is 0 Å². The molecule has 6 heterocycles. The third-order valence-corrected chi connectivity index (χ3v) is 7.12. The number of rotatable bonds is 7. The predicted octanol–water partition coefficient (Wildman–Crippen LogP) is 5.13. The molecule has 0 spiro atoms. The number of H-pyrrole nitrogens is 2. The van der Waals surface area contributed by atoms with Gasteiger partial charge in [0.2, 0.25) is 0 Å². The lowest BCUT2D eigenvalue weighted by Crippen LogP contribution is -2.25. The number of hydrogen-bond donors (Lipinski definition) is 3. The fourth-order valence-corrected chi connectivity index (χ4v) is 5.17. The molecule has 6 aromatic rings. The summed E-state index contributed by atoms with van der Waals surface area (Å²) in [6, 6.07) is 16.2. The van der Waals surface area contributed by atoms with Gasteiger partial charge in [0.05, 0.1) is 22.4 Å². The van der Waals surface area contributed by atoms with Gasteiger partial charge in [-0.1, -0.05) is 12.1 Å². The molecular weight excluding hydrogens is 474 g/mol. The molecule has 1 saturated heterocycles. The van der Waals surface area contributed by atoms with Crippen molar-refractivity contribution in [3.05, 3.63) is 73.3 Å². The maximum atomic E-state index is 4.90. The fourth-order valence-electron chi connectivity index (χ4n) is 5.17. The third-order valence-electron chi connectivity index (χ3n) is 7.12. The van der Waals surface area contributed by atoms with E-state index in [0.717, 1.165) is 68.9 Å². The third kappa shape index (κ3) is 4.26. The molecule has 0 unspecified atom stereocenters. The SMILES string of the molecule is c1ccc(-c2nccc3[nH]c(-c4n[nH]c5ccc(-c6cncc(NCCN7CCCC7)c6)cc45)nc23)nc1. The minimum Gasteiger partial charge on any atom is -0.382 e. The summed E-state index contributed by atoms with van der Waals surface area (Å²) in [5, 5.41) is 12.3. The van der Waals surface area contributed by atoms with Gasteiger partial charge in [-0.3, -0.25) is 20.1 Å². The molecule has 7 rings (SSSR count). The number of nitrogens with one attached hydrogen (secondary N) is 3. The van der Waals surface area contributed by atoms with Crippen LogP contribution >= 0.6 is 0 Å². The molecule has 1 aliphatic heterocycles. The highest BCUT2D eigenvalue weighted by atomic mass is 15.2. The van der Waals surface area contributed by atoms with Crippen molar-refractivity contribution in [3.8, 4) is 34.0 Å². The average molecular weight is 502 g/mol. The number of imidazole rings is 1. The van der Waals surface area contributed by atoms with Crippen molar-refractivity contribution >= 4 is 27.6 Å². The topological polar surface area (TPSA) is 111 Å². The zero-order chi connectivity index (χ0) is 25.3. The Labute approximate surface area is 219 Å². The predicted molar refractivity (Wildman–Crippen MR) is 150 cm³/mol.